The van der Waals surface area contributed by atoms with Crippen LogP contribution in [0, 0.1) is 6.92 Å². The van der Waals surface area contributed by atoms with Crippen LogP contribution in [0.3, 0.4) is 0 Å². The molecule has 0 fully saturated rings. The standard InChI is InChI=1S/C11H12O2/c1-9-4-5-10(3-2-6-12)7-11(9)8-13/h4-8H,2-3H2,1H3. The average molecular weight is 176 g/mol. The Balaban J connectivity index is 2.85. The van der Waals surface area contributed by atoms with Gasteiger partial charge < -0.3 is 4.79 Å². The van der Waals surface area contributed by atoms with Crippen molar-refractivity contribution in [1.29, 1.82) is 0 Å². The normalized spacial score (nSPS) is 9.62. The molecule has 0 aliphatic carbocycles. The second-order valence-corrected chi connectivity index (χ2v) is 3.01. The molecule has 0 radical (unpaired) electrons. The molecule has 0 bridgehead atoms. The Morgan fingerprint density at radius 2 is 2.08 bits per heavy atom. The fraction of sp³-hybridized carbons (Fsp3) is 0.273. The maximum absolute atomic E-state index is 10.6. The van der Waals surface area contributed by atoms with Crippen LogP contribution < -0.4 is 0 Å². The van der Waals surface area contributed by atoms with Crippen LogP contribution in [0.1, 0.15) is 27.9 Å². The summed E-state index contributed by atoms with van der Waals surface area (Å²) in [5.74, 6) is 0. The number of hydrogen-bond acceptors (Lipinski definition) is 2. The predicted octanol–water partition coefficient (Wildman–Crippen LogP) is 1.94. The minimum Gasteiger partial charge on any atom is -0.303 e. The fourth-order valence-electron chi connectivity index (χ4n) is 1.20. The maximum Gasteiger partial charge on any atom is 0.150 e. The van der Waals surface area contributed by atoms with Crippen molar-refractivity contribution < 1.29 is 9.59 Å². The smallest absolute Gasteiger partial charge is 0.150 e. The van der Waals surface area contributed by atoms with Gasteiger partial charge in [-0.15, -0.1) is 0 Å². The van der Waals surface area contributed by atoms with E-state index in [1.807, 2.05) is 25.1 Å². The number of hydrogen-bond donors (Lipinski definition) is 0. The van der Waals surface area contributed by atoms with Crippen molar-refractivity contribution in [3.63, 3.8) is 0 Å². The summed E-state index contributed by atoms with van der Waals surface area (Å²) in [5.41, 5.74) is 2.73. The molecule has 0 unspecified atom stereocenters. The van der Waals surface area contributed by atoms with Crippen molar-refractivity contribution in [1.82, 2.24) is 0 Å². The average Bonchev–Trinajstić information content (AvgIpc) is 2.16. The van der Waals surface area contributed by atoms with Crippen molar-refractivity contribution in [3.05, 3.63) is 34.9 Å². The molecule has 0 N–H and O–H groups in total. The van der Waals surface area contributed by atoms with Crippen LogP contribution in [0.2, 0.25) is 0 Å². The second-order valence-electron chi connectivity index (χ2n) is 3.01. The summed E-state index contributed by atoms with van der Waals surface area (Å²) in [6.07, 6.45) is 2.96. The SMILES string of the molecule is Cc1ccc(CCC=O)cc1C=O. The molecule has 0 heterocycles. The summed E-state index contributed by atoms with van der Waals surface area (Å²) in [6, 6.07) is 5.70. The minimum atomic E-state index is 0.515. The molecule has 2 heteroatoms. The lowest BCUT2D eigenvalue weighted by Crippen LogP contribution is -1.91. The molecule has 0 aromatic heterocycles. The highest BCUT2D eigenvalue weighted by molar-refractivity contribution is 5.77. The molecule has 0 saturated carbocycles. The summed E-state index contributed by atoms with van der Waals surface area (Å²) in [6.45, 7) is 1.90. The highest BCUT2D eigenvalue weighted by Gasteiger charge is 1.98. The molecule has 0 spiro atoms. The van der Waals surface area contributed by atoms with Crippen LogP contribution >= 0.6 is 0 Å². The molecule has 0 aliphatic heterocycles. The van der Waals surface area contributed by atoms with Gasteiger partial charge in [0.15, 0.2) is 0 Å². The summed E-state index contributed by atoms with van der Waals surface area (Å²) >= 11 is 0. The van der Waals surface area contributed by atoms with E-state index in [1.54, 1.807) is 0 Å². The molecule has 1 aromatic rings. The second kappa shape index (κ2) is 4.55. The van der Waals surface area contributed by atoms with Gasteiger partial charge in [-0.25, -0.2) is 0 Å². The molecule has 2 nitrogen and oxygen atoms in total. The maximum atomic E-state index is 10.6. The van der Waals surface area contributed by atoms with E-state index in [4.69, 9.17) is 0 Å². The minimum absolute atomic E-state index is 0.515. The third-order valence-corrected chi connectivity index (χ3v) is 2.02. The Hall–Kier alpha value is -1.44. The van der Waals surface area contributed by atoms with E-state index in [0.29, 0.717) is 18.4 Å². The van der Waals surface area contributed by atoms with Gasteiger partial charge in [-0.05, 0) is 30.5 Å². The van der Waals surface area contributed by atoms with Gasteiger partial charge in [-0.3, -0.25) is 4.79 Å². The number of rotatable bonds is 4. The molecule has 0 amide bonds. The molecule has 68 valence electrons. The highest BCUT2D eigenvalue weighted by atomic mass is 16.1. The van der Waals surface area contributed by atoms with E-state index in [2.05, 4.69) is 0 Å². The molecule has 0 saturated heterocycles. The number of carbonyl (C=O) groups is 2. The van der Waals surface area contributed by atoms with Crippen LogP contribution in [-0.4, -0.2) is 12.6 Å². The zero-order chi connectivity index (χ0) is 9.68. The van der Waals surface area contributed by atoms with Gasteiger partial charge in [0.25, 0.3) is 0 Å². The van der Waals surface area contributed by atoms with Gasteiger partial charge >= 0.3 is 0 Å². The summed E-state index contributed by atoms with van der Waals surface area (Å²) in [7, 11) is 0. The molecule has 13 heavy (non-hydrogen) atoms. The monoisotopic (exact) mass is 176 g/mol. The van der Waals surface area contributed by atoms with Gasteiger partial charge in [0.05, 0.1) is 0 Å². The van der Waals surface area contributed by atoms with E-state index in [1.165, 1.54) is 0 Å². The zero-order valence-electron chi connectivity index (χ0n) is 7.62. The summed E-state index contributed by atoms with van der Waals surface area (Å²) < 4.78 is 0. The topological polar surface area (TPSA) is 34.1 Å². The van der Waals surface area contributed by atoms with E-state index < -0.39 is 0 Å². The van der Waals surface area contributed by atoms with Crippen molar-refractivity contribution in [2.24, 2.45) is 0 Å². The first kappa shape index (κ1) is 9.65. The highest BCUT2D eigenvalue weighted by Crippen LogP contribution is 2.10. The van der Waals surface area contributed by atoms with Gasteiger partial charge in [-0.1, -0.05) is 12.1 Å². The van der Waals surface area contributed by atoms with Gasteiger partial charge in [0.2, 0.25) is 0 Å². The summed E-state index contributed by atoms with van der Waals surface area (Å²) in [4.78, 5) is 20.7. The summed E-state index contributed by atoms with van der Waals surface area (Å²) in [5, 5.41) is 0. The first-order valence-electron chi connectivity index (χ1n) is 4.26. The van der Waals surface area contributed by atoms with Crippen molar-refractivity contribution in [3.8, 4) is 0 Å². The molecule has 1 rings (SSSR count). The van der Waals surface area contributed by atoms with E-state index in [-0.39, 0.29) is 0 Å². The van der Waals surface area contributed by atoms with E-state index >= 15 is 0 Å². The Morgan fingerprint density at radius 1 is 1.31 bits per heavy atom. The quantitative estimate of drug-likeness (QED) is 0.657. The molecule has 0 atom stereocenters. The van der Waals surface area contributed by atoms with Crippen LogP contribution in [0.15, 0.2) is 18.2 Å². The van der Waals surface area contributed by atoms with Crippen molar-refractivity contribution in [2.75, 3.05) is 0 Å². The Labute approximate surface area is 77.6 Å². The lowest BCUT2D eigenvalue weighted by molar-refractivity contribution is -0.107. The van der Waals surface area contributed by atoms with Crippen LogP contribution in [0.5, 0.6) is 0 Å². The third kappa shape index (κ3) is 2.51. The molecule has 1 aromatic carbocycles. The van der Waals surface area contributed by atoms with Gasteiger partial charge in [-0.2, -0.15) is 0 Å². The Morgan fingerprint density at radius 3 is 2.69 bits per heavy atom. The van der Waals surface area contributed by atoms with Crippen LogP contribution in [-0.2, 0) is 11.2 Å². The zero-order valence-corrected chi connectivity index (χ0v) is 7.62. The first-order valence-corrected chi connectivity index (χ1v) is 4.26. The van der Waals surface area contributed by atoms with Gasteiger partial charge in [0.1, 0.15) is 12.6 Å². The number of carbonyl (C=O) groups excluding carboxylic acids is 2. The Bertz CT molecular complexity index is 316. The van der Waals surface area contributed by atoms with Crippen LogP contribution in [0.4, 0.5) is 0 Å². The van der Waals surface area contributed by atoms with Crippen LogP contribution in [0.25, 0.3) is 0 Å². The van der Waals surface area contributed by atoms with Crippen molar-refractivity contribution >= 4 is 12.6 Å². The molecular weight excluding hydrogens is 164 g/mol. The number of benzene rings is 1. The van der Waals surface area contributed by atoms with Gasteiger partial charge in [0, 0.05) is 12.0 Å². The molecular formula is C11H12O2. The molecule has 0 aliphatic rings. The number of aryl methyl sites for hydroxylation is 2. The van der Waals surface area contributed by atoms with E-state index in [0.717, 1.165) is 23.7 Å². The predicted molar refractivity (Wildman–Crippen MR) is 51.0 cm³/mol. The Kier molecular flexibility index (Phi) is 3.38. The van der Waals surface area contributed by atoms with E-state index in [9.17, 15) is 9.59 Å². The number of aldehydes is 2. The largest absolute Gasteiger partial charge is 0.303 e. The first-order chi connectivity index (χ1) is 6.27. The third-order valence-electron chi connectivity index (χ3n) is 2.02. The fourth-order valence-corrected chi connectivity index (χ4v) is 1.20. The van der Waals surface area contributed by atoms with Crippen molar-refractivity contribution in [2.45, 2.75) is 19.8 Å². The lowest BCUT2D eigenvalue weighted by atomic mass is 10.0. The lowest BCUT2D eigenvalue weighted by Gasteiger charge is -2.01.